The normalized spacial score (nSPS) is 11.5. The van der Waals surface area contributed by atoms with Crippen LogP contribution in [0.15, 0.2) is 72.9 Å². The predicted molar refractivity (Wildman–Crippen MR) is 110 cm³/mol. The van der Waals surface area contributed by atoms with E-state index in [9.17, 15) is 13.2 Å². The molecule has 30 heavy (non-hydrogen) atoms. The number of aromatic nitrogens is 3. The van der Waals surface area contributed by atoms with Gasteiger partial charge < -0.3 is 5.73 Å². The summed E-state index contributed by atoms with van der Waals surface area (Å²) in [6.07, 6.45) is -2.71. The summed E-state index contributed by atoms with van der Waals surface area (Å²) in [5.41, 5.74) is 9.98. The molecule has 4 rings (SSSR count). The minimum atomic E-state index is -4.36. The Morgan fingerprint density at radius 2 is 1.43 bits per heavy atom. The fraction of sp³-hybridized carbons (Fsp3) is 0.0870. The Kier molecular flexibility index (Phi) is 4.95. The van der Waals surface area contributed by atoms with Crippen LogP contribution in [0.25, 0.3) is 33.8 Å². The van der Waals surface area contributed by atoms with E-state index in [1.807, 2.05) is 43.3 Å². The molecule has 3 aromatic heterocycles. The zero-order chi connectivity index (χ0) is 21.3. The largest absolute Gasteiger partial charge is 0.416 e. The smallest absolute Gasteiger partial charge is 0.384 e. The molecule has 4 aromatic rings. The molecule has 0 atom stereocenters. The SMILES string of the molecule is Cc1cc(-c2ccc(C(F)(F)F)cc2)cc(-c2cccc(-c3ccc(N)nc3)n2)n1. The number of halogens is 3. The number of nitrogen functional groups attached to an aromatic ring is 1. The van der Waals surface area contributed by atoms with Crippen LogP contribution in [0.4, 0.5) is 19.0 Å². The van der Waals surface area contributed by atoms with Crippen LogP contribution in [0.3, 0.4) is 0 Å². The van der Waals surface area contributed by atoms with E-state index < -0.39 is 11.7 Å². The summed E-state index contributed by atoms with van der Waals surface area (Å²) in [6, 6.07) is 17.9. The Hall–Kier alpha value is -3.74. The van der Waals surface area contributed by atoms with Gasteiger partial charge in [-0.3, -0.25) is 4.98 Å². The van der Waals surface area contributed by atoms with E-state index in [-0.39, 0.29) is 0 Å². The van der Waals surface area contributed by atoms with Gasteiger partial charge in [0.05, 0.1) is 22.6 Å². The lowest BCUT2D eigenvalue weighted by Crippen LogP contribution is -2.04. The maximum atomic E-state index is 12.8. The lowest BCUT2D eigenvalue weighted by molar-refractivity contribution is -0.137. The number of anilines is 1. The predicted octanol–water partition coefficient (Wildman–Crippen LogP) is 5.78. The number of alkyl halides is 3. The molecule has 0 radical (unpaired) electrons. The van der Waals surface area contributed by atoms with Crippen molar-refractivity contribution < 1.29 is 13.2 Å². The second-order valence-electron chi connectivity index (χ2n) is 6.84. The number of rotatable bonds is 3. The van der Waals surface area contributed by atoms with Crippen LogP contribution in [-0.2, 0) is 6.18 Å². The first-order valence-electron chi connectivity index (χ1n) is 9.15. The van der Waals surface area contributed by atoms with Gasteiger partial charge in [0.25, 0.3) is 0 Å². The van der Waals surface area contributed by atoms with Gasteiger partial charge >= 0.3 is 6.18 Å². The van der Waals surface area contributed by atoms with Crippen molar-refractivity contribution in [2.75, 3.05) is 5.73 Å². The Labute approximate surface area is 171 Å². The molecule has 1 aromatic carbocycles. The average Bonchev–Trinajstić information content (AvgIpc) is 2.73. The standard InChI is InChI=1S/C23H17F3N4/c1-14-11-17(15-5-8-18(9-6-15)23(24,25)26)12-21(29-14)20-4-2-3-19(30-20)16-7-10-22(27)28-13-16/h2-13H,1H3,(H2,27,28). The van der Waals surface area contributed by atoms with Crippen molar-refractivity contribution in [1.82, 2.24) is 15.0 Å². The maximum absolute atomic E-state index is 12.8. The van der Waals surface area contributed by atoms with Gasteiger partial charge in [-0.25, -0.2) is 9.97 Å². The second kappa shape index (κ2) is 7.59. The molecule has 0 spiro atoms. The van der Waals surface area contributed by atoms with Gasteiger partial charge in [-0.2, -0.15) is 13.2 Å². The molecule has 150 valence electrons. The van der Waals surface area contributed by atoms with Gasteiger partial charge in [-0.1, -0.05) is 18.2 Å². The minimum absolute atomic E-state index is 0.427. The van der Waals surface area contributed by atoms with E-state index in [0.29, 0.717) is 22.8 Å². The zero-order valence-electron chi connectivity index (χ0n) is 16.0. The van der Waals surface area contributed by atoms with E-state index in [1.165, 1.54) is 12.1 Å². The molecule has 2 N–H and O–H groups in total. The molecular formula is C23H17F3N4. The minimum Gasteiger partial charge on any atom is -0.384 e. The van der Waals surface area contributed by atoms with Crippen LogP contribution in [0.1, 0.15) is 11.3 Å². The van der Waals surface area contributed by atoms with E-state index in [0.717, 1.165) is 34.6 Å². The Balaban J connectivity index is 1.72. The highest BCUT2D eigenvalue weighted by Crippen LogP contribution is 2.32. The monoisotopic (exact) mass is 406 g/mol. The van der Waals surface area contributed by atoms with Crippen LogP contribution in [-0.4, -0.2) is 15.0 Å². The summed E-state index contributed by atoms with van der Waals surface area (Å²) < 4.78 is 38.5. The molecule has 0 saturated carbocycles. The highest BCUT2D eigenvalue weighted by molar-refractivity contribution is 5.71. The molecule has 0 aliphatic heterocycles. The van der Waals surface area contributed by atoms with Crippen LogP contribution in [0.2, 0.25) is 0 Å². The summed E-state index contributed by atoms with van der Waals surface area (Å²) in [4.78, 5) is 13.3. The van der Waals surface area contributed by atoms with Gasteiger partial charge in [-0.05, 0) is 66.6 Å². The Morgan fingerprint density at radius 1 is 0.733 bits per heavy atom. The third kappa shape index (κ3) is 4.15. The number of pyridine rings is 3. The first kappa shape index (κ1) is 19.6. The number of hydrogen-bond donors (Lipinski definition) is 1. The number of nitrogens with two attached hydrogens (primary N) is 1. The van der Waals surface area contributed by atoms with E-state index in [2.05, 4.69) is 15.0 Å². The molecule has 7 heteroatoms. The fourth-order valence-corrected chi connectivity index (χ4v) is 3.11. The molecule has 4 nitrogen and oxygen atoms in total. The van der Waals surface area contributed by atoms with E-state index >= 15 is 0 Å². The summed E-state index contributed by atoms with van der Waals surface area (Å²) in [5.74, 6) is 0.427. The van der Waals surface area contributed by atoms with Crippen LogP contribution in [0, 0.1) is 6.92 Å². The van der Waals surface area contributed by atoms with Gasteiger partial charge in [0, 0.05) is 17.5 Å². The van der Waals surface area contributed by atoms with Gasteiger partial charge in [-0.15, -0.1) is 0 Å². The number of hydrogen-bond acceptors (Lipinski definition) is 4. The maximum Gasteiger partial charge on any atom is 0.416 e. The Morgan fingerprint density at radius 3 is 2.10 bits per heavy atom. The molecule has 0 bridgehead atoms. The average molecular weight is 406 g/mol. The van der Waals surface area contributed by atoms with Crippen LogP contribution >= 0.6 is 0 Å². The first-order chi connectivity index (χ1) is 14.3. The van der Waals surface area contributed by atoms with Crippen LogP contribution < -0.4 is 5.73 Å². The van der Waals surface area contributed by atoms with E-state index in [4.69, 9.17) is 5.73 Å². The summed E-state index contributed by atoms with van der Waals surface area (Å²) in [6.45, 7) is 1.84. The summed E-state index contributed by atoms with van der Waals surface area (Å²) in [7, 11) is 0. The quantitative estimate of drug-likeness (QED) is 0.468. The van der Waals surface area contributed by atoms with Crippen LogP contribution in [0.5, 0.6) is 0 Å². The summed E-state index contributed by atoms with van der Waals surface area (Å²) in [5, 5.41) is 0. The third-order valence-corrected chi connectivity index (χ3v) is 4.59. The van der Waals surface area contributed by atoms with E-state index in [1.54, 1.807) is 12.3 Å². The van der Waals surface area contributed by atoms with Crippen molar-refractivity contribution in [3.63, 3.8) is 0 Å². The van der Waals surface area contributed by atoms with Crippen molar-refractivity contribution in [1.29, 1.82) is 0 Å². The first-order valence-corrected chi connectivity index (χ1v) is 9.15. The number of nitrogens with zero attached hydrogens (tertiary/aromatic N) is 3. The second-order valence-corrected chi connectivity index (χ2v) is 6.84. The topological polar surface area (TPSA) is 64.7 Å². The number of aryl methyl sites for hydroxylation is 1. The molecule has 0 amide bonds. The number of benzene rings is 1. The van der Waals surface area contributed by atoms with Crippen molar-refractivity contribution in [2.24, 2.45) is 0 Å². The fourth-order valence-electron chi connectivity index (χ4n) is 3.11. The van der Waals surface area contributed by atoms with Crippen molar-refractivity contribution in [2.45, 2.75) is 13.1 Å². The molecule has 0 aliphatic rings. The van der Waals surface area contributed by atoms with Crippen molar-refractivity contribution in [3.8, 4) is 33.8 Å². The van der Waals surface area contributed by atoms with Crippen molar-refractivity contribution in [3.05, 3.63) is 84.2 Å². The lowest BCUT2D eigenvalue weighted by Gasteiger charge is -2.10. The zero-order valence-corrected chi connectivity index (χ0v) is 16.0. The molecule has 0 unspecified atom stereocenters. The van der Waals surface area contributed by atoms with Gasteiger partial charge in [0.15, 0.2) is 0 Å². The molecule has 3 heterocycles. The molecule has 0 fully saturated rings. The highest BCUT2D eigenvalue weighted by Gasteiger charge is 2.30. The lowest BCUT2D eigenvalue weighted by atomic mass is 10.0. The third-order valence-electron chi connectivity index (χ3n) is 4.59. The van der Waals surface area contributed by atoms with Gasteiger partial charge in [0.1, 0.15) is 5.82 Å². The van der Waals surface area contributed by atoms with Crippen molar-refractivity contribution >= 4 is 5.82 Å². The molecular weight excluding hydrogens is 389 g/mol. The highest BCUT2D eigenvalue weighted by atomic mass is 19.4. The summed E-state index contributed by atoms with van der Waals surface area (Å²) >= 11 is 0. The Bertz CT molecular complexity index is 1180. The molecule has 0 aliphatic carbocycles. The van der Waals surface area contributed by atoms with Gasteiger partial charge in [0.2, 0.25) is 0 Å². The molecule has 0 saturated heterocycles.